The molecule has 1 aliphatic carbocycles. The van der Waals surface area contributed by atoms with Crippen molar-refractivity contribution in [3.63, 3.8) is 0 Å². The van der Waals surface area contributed by atoms with Gasteiger partial charge in [-0.05, 0) is 56.9 Å². The number of rotatable bonds is 4. The lowest BCUT2D eigenvalue weighted by Gasteiger charge is -2.40. The molecule has 0 aliphatic heterocycles. The topological polar surface area (TPSA) is 52.9 Å². The number of carbonyl (C=O) groups excluding carboxylic acids is 1. The Balaban J connectivity index is 2.02. The number of anilines is 1. The predicted molar refractivity (Wildman–Crippen MR) is 83.6 cm³/mol. The smallest absolute Gasteiger partial charge is 0.282 e. The van der Waals surface area contributed by atoms with E-state index in [1.165, 1.54) is 25.7 Å². The fourth-order valence-corrected chi connectivity index (χ4v) is 3.06. The van der Waals surface area contributed by atoms with E-state index in [9.17, 15) is 4.79 Å². The molecule has 1 aliphatic rings. The average molecular weight is 286 g/mol. The van der Waals surface area contributed by atoms with Crippen molar-refractivity contribution in [2.75, 3.05) is 19.4 Å². The first-order valence-corrected chi connectivity index (χ1v) is 7.59. The van der Waals surface area contributed by atoms with Crippen LogP contribution >= 0.6 is 0 Å². The second-order valence-electron chi connectivity index (χ2n) is 6.42. The highest BCUT2D eigenvalue weighted by Crippen LogP contribution is 2.29. The molecule has 2 rings (SSSR count). The monoisotopic (exact) mass is 286 g/mol. The molecule has 0 spiro atoms. The Labute approximate surface area is 127 Å². The summed E-state index contributed by atoms with van der Waals surface area (Å²) in [5.74, 6) is 0.0385. The number of amides is 1. The highest BCUT2D eigenvalue weighted by Gasteiger charge is 2.39. The van der Waals surface area contributed by atoms with Gasteiger partial charge in [-0.15, -0.1) is 0 Å². The van der Waals surface area contributed by atoms with Crippen molar-refractivity contribution in [2.45, 2.75) is 44.7 Å². The van der Waals surface area contributed by atoms with E-state index >= 15 is 0 Å². The van der Waals surface area contributed by atoms with Crippen molar-refractivity contribution in [1.82, 2.24) is 0 Å². The van der Waals surface area contributed by atoms with Crippen LogP contribution in [0.4, 0.5) is 5.69 Å². The minimum absolute atomic E-state index is 0.0385. The molecule has 1 aromatic rings. The molecule has 1 amide bonds. The Morgan fingerprint density at radius 2 is 1.86 bits per heavy atom. The lowest BCUT2D eigenvalue weighted by atomic mass is 10.1. The van der Waals surface area contributed by atoms with Gasteiger partial charge in [-0.2, -0.15) is 5.26 Å². The summed E-state index contributed by atoms with van der Waals surface area (Å²) in [5, 5.41) is 11.7. The van der Waals surface area contributed by atoms with Crippen molar-refractivity contribution in [2.24, 2.45) is 0 Å². The Hall–Kier alpha value is -1.86. The maximum absolute atomic E-state index is 12.5. The van der Waals surface area contributed by atoms with E-state index in [2.05, 4.69) is 25.5 Å². The van der Waals surface area contributed by atoms with Crippen LogP contribution in [0.1, 0.15) is 38.2 Å². The molecule has 1 N–H and O–H groups in total. The van der Waals surface area contributed by atoms with E-state index in [4.69, 9.17) is 5.26 Å². The number of likely N-dealkylation sites (N-methyl/N-ethyl adjacent to an activating group) is 1. The van der Waals surface area contributed by atoms with Crippen LogP contribution in [0.25, 0.3) is 0 Å². The maximum atomic E-state index is 12.5. The fraction of sp³-hybridized carbons (Fsp3) is 0.529. The molecule has 0 saturated heterocycles. The van der Waals surface area contributed by atoms with E-state index < -0.39 is 0 Å². The molecular formula is C17H24N3O+. The number of carbonyl (C=O) groups is 1. The zero-order chi connectivity index (χ0) is 15.5. The molecule has 1 atom stereocenters. The number of nitrogens with zero attached hydrogens (tertiary/aromatic N) is 2. The van der Waals surface area contributed by atoms with E-state index in [0.29, 0.717) is 11.6 Å². The van der Waals surface area contributed by atoms with Crippen molar-refractivity contribution in [3.8, 4) is 6.07 Å². The van der Waals surface area contributed by atoms with Crippen LogP contribution in [0.2, 0.25) is 0 Å². The van der Waals surface area contributed by atoms with E-state index in [-0.39, 0.29) is 11.9 Å². The third-order valence-corrected chi connectivity index (χ3v) is 4.92. The second kappa shape index (κ2) is 6.28. The van der Waals surface area contributed by atoms with Gasteiger partial charge in [-0.3, -0.25) is 4.79 Å². The van der Waals surface area contributed by atoms with Crippen molar-refractivity contribution in [3.05, 3.63) is 29.8 Å². The standard InChI is InChI=1S/C17H23N3O/c1-13(20(2,3)16-6-4-5-7-16)17(21)19-15-10-8-14(12-18)9-11-15/h8-11,13,16H,4-7H2,1-3H3/p+1/t13-/m0/s1. The van der Waals surface area contributed by atoms with Crippen LogP contribution in [0, 0.1) is 11.3 Å². The Morgan fingerprint density at radius 3 is 2.38 bits per heavy atom. The van der Waals surface area contributed by atoms with Crippen LogP contribution in [-0.2, 0) is 4.79 Å². The van der Waals surface area contributed by atoms with Crippen LogP contribution in [0.15, 0.2) is 24.3 Å². The zero-order valence-corrected chi connectivity index (χ0v) is 13.1. The van der Waals surface area contributed by atoms with Gasteiger partial charge in [0.2, 0.25) is 0 Å². The lowest BCUT2D eigenvalue weighted by molar-refractivity contribution is -0.927. The third-order valence-electron chi connectivity index (χ3n) is 4.92. The summed E-state index contributed by atoms with van der Waals surface area (Å²) < 4.78 is 0.738. The summed E-state index contributed by atoms with van der Waals surface area (Å²) in [5.41, 5.74) is 1.35. The van der Waals surface area contributed by atoms with E-state index in [1.807, 2.05) is 6.92 Å². The van der Waals surface area contributed by atoms with Gasteiger partial charge in [-0.25, -0.2) is 0 Å². The summed E-state index contributed by atoms with van der Waals surface area (Å²) in [6.45, 7) is 2.00. The molecular weight excluding hydrogens is 262 g/mol. The van der Waals surface area contributed by atoms with Crippen molar-refractivity contribution < 1.29 is 9.28 Å². The molecule has 1 saturated carbocycles. The molecule has 0 radical (unpaired) electrons. The van der Waals surface area contributed by atoms with E-state index in [0.717, 1.165) is 10.2 Å². The SMILES string of the molecule is C[C@@H](C(=O)Nc1ccc(C#N)cc1)[N+](C)(C)C1CCCC1. The summed E-state index contributed by atoms with van der Waals surface area (Å²) in [4.78, 5) is 12.5. The molecule has 112 valence electrons. The molecule has 0 bridgehead atoms. The first-order chi connectivity index (χ1) is 9.95. The fourth-order valence-electron chi connectivity index (χ4n) is 3.06. The molecule has 0 aromatic heterocycles. The first kappa shape index (κ1) is 15.5. The average Bonchev–Trinajstić information content (AvgIpc) is 3.02. The van der Waals surface area contributed by atoms with E-state index in [1.54, 1.807) is 24.3 Å². The number of nitrogens with one attached hydrogen (secondary N) is 1. The van der Waals surface area contributed by atoms with Crippen LogP contribution in [-0.4, -0.2) is 36.6 Å². The molecule has 1 aromatic carbocycles. The molecule has 0 heterocycles. The van der Waals surface area contributed by atoms with Gasteiger partial charge >= 0.3 is 0 Å². The maximum Gasteiger partial charge on any atom is 0.282 e. The largest absolute Gasteiger partial charge is 0.321 e. The minimum atomic E-state index is -0.0938. The first-order valence-electron chi connectivity index (χ1n) is 7.59. The van der Waals surface area contributed by atoms with Gasteiger partial charge in [-0.1, -0.05) is 0 Å². The van der Waals surface area contributed by atoms with Gasteiger partial charge in [0.25, 0.3) is 5.91 Å². The molecule has 0 unspecified atom stereocenters. The van der Waals surface area contributed by atoms with Gasteiger partial charge in [0.1, 0.15) is 0 Å². The van der Waals surface area contributed by atoms with Crippen LogP contribution < -0.4 is 5.32 Å². The number of benzene rings is 1. The molecule has 1 fully saturated rings. The minimum Gasteiger partial charge on any atom is -0.321 e. The van der Waals surface area contributed by atoms with Crippen LogP contribution in [0.5, 0.6) is 0 Å². The number of quaternary nitrogens is 1. The Morgan fingerprint density at radius 1 is 1.29 bits per heavy atom. The number of hydrogen-bond donors (Lipinski definition) is 1. The highest BCUT2D eigenvalue weighted by atomic mass is 16.2. The van der Waals surface area contributed by atoms with Crippen molar-refractivity contribution in [1.29, 1.82) is 5.26 Å². The highest BCUT2D eigenvalue weighted by molar-refractivity contribution is 5.93. The normalized spacial score (nSPS) is 17.2. The number of nitriles is 1. The zero-order valence-electron chi connectivity index (χ0n) is 13.1. The summed E-state index contributed by atoms with van der Waals surface area (Å²) in [6.07, 6.45) is 4.97. The summed E-state index contributed by atoms with van der Waals surface area (Å²) >= 11 is 0. The van der Waals surface area contributed by atoms with Gasteiger partial charge in [0.15, 0.2) is 6.04 Å². The van der Waals surface area contributed by atoms with Crippen LogP contribution in [0.3, 0.4) is 0 Å². The van der Waals surface area contributed by atoms with Gasteiger partial charge < -0.3 is 9.80 Å². The molecule has 4 heteroatoms. The summed E-state index contributed by atoms with van der Waals surface area (Å²) in [6, 6.07) is 9.55. The van der Waals surface area contributed by atoms with Gasteiger partial charge in [0, 0.05) is 5.69 Å². The molecule has 4 nitrogen and oxygen atoms in total. The Bertz CT molecular complexity index is 536. The predicted octanol–water partition coefficient (Wildman–Crippen LogP) is 2.90. The molecule has 21 heavy (non-hydrogen) atoms. The van der Waals surface area contributed by atoms with Crippen molar-refractivity contribution >= 4 is 11.6 Å². The summed E-state index contributed by atoms with van der Waals surface area (Å²) in [7, 11) is 4.30. The third kappa shape index (κ3) is 3.43. The quantitative estimate of drug-likeness (QED) is 0.865. The Kier molecular flexibility index (Phi) is 4.64. The number of hydrogen-bond acceptors (Lipinski definition) is 2. The second-order valence-corrected chi connectivity index (χ2v) is 6.42. The lowest BCUT2D eigenvalue weighted by Crippen LogP contribution is -2.57. The van der Waals surface area contributed by atoms with Gasteiger partial charge in [0.05, 0.1) is 31.8 Å².